The number of hydrogen-bond acceptors (Lipinski definition) is 1. The Morgan fingerprint density at radius 2 is 0.868 bits per heavy atom. The second kappa shape index (κ2) is 12.2. The molecule has 0 heterocycles. The maximum atomic E-state index is 13.4. The monoisotopic (exact) mass is 554 g/mol. The molecule has 0 saturated heterocycles. The third kappa shape index (κ3) is 7.05. The molecule has 4 fully saturated rings. The van der Waals surface area contributed by atoms with Crippen molar-refractivity contribution in [1.29, 1.82) is 0 Å². The van der Waals surface area contributed by atoms with E-state index in [2.05, 4.69) is 13.8 Å². The van der Waals surface area contributed by atoms with Gasteiger partial charge in [0, 0.05) is 0 Å². The van der Waals surface area contributed by atoms with Crippen molar-refractivity contribution < 1.29 is 31.4 Å². The Kier molecular flexibility index (Phi) is 10.3. The number of rotatable bonds is 2. The van der Waals surface area contributed by atoms with E-state index >= 15 is 0 Å². The van der Waals surface area contributed by atoms with Crippen LogP contribution in [0.15, 0.2) is 0 Å². The normalized spacial score (nSPS) is 45.2. The SMILES string of the molecule is CC1CCC(C2CCC(C)C(C)(C(F)(F)F)C2)CC1.CC1CCC(C2CCC(C)C(O)(C(F)(F)F)C2)CC1. The highest BCUT2D eigenvalue weighted by molar-refractivity contribution is 4.98. The van der Waals surface area contributed by atoms with Crippen LogP contribution < -0.4 is 0 Å². The summed E-state index contributed by atoms with van der Waals surface area (Å²) in [5.74, 6) is 1.86. The van der Waals surface area contributed by atoms with Crippen molar-refractivity contribution in [2.75, 3.05) is 0 Å². The Hall–Kier alpha value is -0.460. The molecule has 4 saturated carbocycles. The van der Waals surface area contributed by atoms with E-state index < -0.39 is 29.3 Å². The molecule has 0 radical (unpaired) electrons. The first-order chi connectivity index (χ1) is 17.5. The van der Waals surface area contributed by atoms with Crippen LogP contribution in [0.25, 0.3) is 0 Å². The summed E-state index contributed by atoms with van der Waals surface area (Å²) in [7, 11) is 0. The van der Waals surface area contributed by atoms with Gasteiger partial charge in [0.15, 0.2) is 5.60 Å². The first kappa shape index (κ1) is 32.1. The molecule has 0 aromatic heterocycles. The molecule has 4 aliphatic rings. The number of alkyl halides is 6. The summed E-state index contributed by atoms with van der Waals surface area (Å²) in [5, 5.41) is 10.1. The lowest BCUT2D eigenvalue weighted by Crippen LogP contribution is -2.54. The Morgan fingerprint density at radius 1 is 0.500 bits per heavy atom. The zero-order valence-electron chi connectivity index (χ0n) is 24.2. The fraction of sp³-hybridized carbons (Fsp3) is 1.00. The topological polar surface area (TPSA) is 20.2 Å². The number of aliphatic hydroxyl groups is 1. The summed E-state index contributed by atoms with van der Waals surface area (Å²) < 4.78 is 79.5. The zero-order valence-corrected chi connectivity index (χ0v) is 24.2. The van der Waals surface area contributed by atoms with Crippen molar-refractivity contribution in [1.82, 2.24) is 0 Å². The average molecular weight is 555 g/mol. The molecule has 38 heavy (non-hydrogen) atoms. The molecule has 0 aromatic carbocycles. The fourth-order valence-corrected chi connectivity index (χ4v) is 8.15. The lowest BCUT2D eigenvalue weighted by atomic mass is 9.60. The smallest absolute Gasteiger partial charge is 0.380 e. The van der Waals surface area contributed by atoms with Crippen molar-refractivity contribution in [2.45, 2.75) is 142 Å². The van der Waals surface area contributed by atoms with E-state index in [0.29, 0.717) is 36.5 Å². The predicted molar refractivity (Wildman–Crippen MR) is 140 cm³/mol. The van der Waals surface area contributed by atoms with Gasteiger partial charge in [-0.05, 0) is 112 Å². The Balaban J connectivity index is 0.000000211. The number of hydrogen-bond donors (Lipinski definition) is 1. The van der Waals surface area contributed by atoms with Crippen LogP contribution in [0.5, 0.6) is 0 Å². The molecule has 1 nitrogen and oxygen atoms in total. The van der Waals surface area contributed by atoms with Gasteiger partial charge in [-0.2, -0.15) is 26.3 Å². The largest absolute Gasteiger partial charge is 0.417 e. The molecule has 0 aliphatic heterocycles. The van der Waals surface area contributed by atoms with Gasteiger partial charge in [0.05, 0.1) is 5.41 Å². The first-order valence-electron chi connectivity index (χ1n) is 15.3. The lowest BCUT2D eigenvalue weighted by molar-refractivity contribution is -0.293. The van der Waals surface area contributed by atoms with Crippen LogP contribution in [0, 0.1) is 52.8 Å². The molecular weight excluding hydrogens is 502 g/mol. The lowest BCUT2D eigenvalue weighted by Gasteiger charge is -2.47. The molecule has 6 unspecified atom stereocenters. The molecule has 224 valence electrons. The minimum absolute atomic E-state index is 0.0512. The van der Waals surface area contributed by atoms with Crippen LogP contribution in [0.4, 0.5) is 26.3 Å². The molecule has 7 heteroatoms. The van der Waals surface area contributed by atoms with Crippen LogP contribution in [-0.2, 0) is 0 Å². The van der Waals surface area contributed by atoms with Gasteiger partial charge in [-0.25, -0.2) is 0 Å². The third-order valence-corrected chi connectivity index (χ3v) is 11.7. The Labute approximate surface area is 226 Å². The summed E-state index contributed by atoms with van der Waals surface area (Å²) in [6.07, 6.45) is 3.85. The maximum Gasteiger partial charge on any atom is 0.417 e. The minimum Gasteiger partial charge on any atom is -0.380 e. The van der Waals surface area contributed by atoms with E-state index in [1.807, 2.05) is 0 Å². The predicted octanol–water partition coefficient (Wildman–Crippen LogP) is 10.4. The third-order valence-electron chi connectivity index (χ3n) is 11.7. The Morgan fingerprint density at radius 3 is 1.26 bits per heavy atom. The summed E-state index contributed by atoms with van der Waals surface area (Å²) in [4.78, 5) is 0. The molecule has 6 atom stereocenters. The van der Waals surface area contributed by atoms with E-state index in [1.54, 1.807) is 6.92 Å². The van der Waals surface area contributed by atoms with Gasteiger partial charge in [-0.15, -0.1) is 0 Å². The molecule has 0 spiro atoms. The summed E-state index contributed by atoms with van der Waals surface area (Å²) in [6, 6.07) is 0. The van der Waals surface area contributed by atoms with Crippen LogP contribution in [0.2, 0.25) is 0 Å². The van der Waals surface area contributed by atoms with Gasteiger partial charge < -0.3 is 5.11 Å². The minimum atomic E-state index is -4.49. The van der Waals surface area contributed by atoms with Gasteiger partial charge in [0.1, 0.15) is 0 Å². The molecule has 0 amide bonds. The van der Waals surface area contributed by atoms with Crippen molar-refractivity contribution >= 4 is 0 Å². The van der Waals surface area contributed by atoms with Gasteiger partial charge in [0.2, 0.25) is 0 Å². The van der Waals surface area contributed by atoms with Crippen LogP contribution in [0.1, 0.15) is 125 Å². The summed E-state index contributed by atoms with van der Waals surface area (Å²) in [6.45, 7) is 9.25. The summed E-state index contributed by atoms with van der Waals surface area (Å²) in [5.41, 5.74) is -3.92. The van der Waals surface area contributed by atoms with E-state index in [-0.39, 0.29) is 18.3 Å². The van der Waals surface area contributed by atoms with Gasteiger partial charge >= 0.3 is 12.4 Å². The standard InChI is InChI=1S/C16H27F3.C15H25F3O/c1-11-4-7-13(8-5-11)14-9-6-12(2)15(3,10-14)16(17,18)19;1-10-3-6-12(7-4-10)13-8-5-11(2)14(19,9-13)15(16,17)18/h11-14H,4-10H2,1-3H3;10-13,19H,3-9H2,1-2H3. The zero-order chi connectivity index (χ0) is 28.5. The van der Waals surface area contributed by atoms with Gasteiger partial charge in [-0.3, -0.25) is 0 Å². The molecule has 0 aromatic rings. The average Bonchev–Trinajstić information content (AvgIpc) is 2.83. The van der Waals surface area contributed by atoms with Crippen LogP contribution >= 0.6 is 0 Å². The van der Waals surface area contributed by atoms with E-state index in [0.717, 1.165) is 63.7 Å². The van der Waals surface area contributed by atoms with Crippen molar-refractivity contribution in [2.24, 2.45) is 52.8 Å². The molecule has 4 rings (SSSR count). The van der Waals surface area contributed by atoms with Crippen molar-refractivity contribution in [3.63, 3.8) is 0 Å². The van der Waals surface area contributed by atoms with Crippen molar-refractivity contribution in [3.05, 3.63) is 0 Å². The molecule has 0 bridgehead atoms. The second-order valence-electron chi connectivity index (χ2n) is 14.3. The van der Waals surface area contributed by atoms with Gasteiger partial charge in [-0.1, -0.05) is 60.3 Å². The quantitative estimate of drug-likeness (QED) is 0.337. The summed E-state index contributed by atoms with van der Waals surface area (Å²) >= 11 is 0. The van der Waals surface area contributed by atoms with Crippen LogP contribution in [0.3, 0.4) is 0 Å². The van der Waals surface area contributed by atoms with Crippen LogP contribution in [-0.4, -0.2) is 23.1 Å². The second-order valence-corrected chi connectivity index (χ2v) is 14.3. The highest BCUT2D eigenvalue weighted by Gasteiger charge is 2.60. The Bertz CT molecular complexity index is 672. The molecular formula is C31H52F6O. The van der Waals surface area contributed by atoms with Crippen molar-refractivity contribution in [3.8, 4) is 0 Å². The van der Waals surface area contributed by atoms with E-state index in [4.69, 9.17) is 0 Å². The molecule has 1 N–H and O–H groups in total. The van der Waals surface area contributed by atoms with Gasteiger partial charge in [0.25, 0.3) is 0 Å². The molecule has 4 aliphatic carbocycles. The number of halogens is 6. The van der Waals surface area contributed by atoms with E-state index in [1.165, 1.54) is 26.7 Å². The maximum absolute atomic E-state index is 13.4. The highest BCUT2D eigenvalue weighted by atomic mass is 19.4. The highest BCUT2D eigenvalue weighted by Crippen LogP contribution is 2.56. The van der Waals surface area contributed by atoms with E-state index in [9.17, 15) is 31.4 Å². The first-order valence-corrected chi connectivity index (χ1v) is 15.3. The fourth-order valence-electron chi connectivity index (χ4n) is 8.15.